The SMILES string of the molecule is O=C1C=CC(=Nc2ccc(O)cc2)C=C1.[Na+]. The quantitative estimate of drug-likeness (QED) is 0.498. The van der Waals surface area contributed by atoms with Crippen molar-refractivity contribution in [3.05, 3.63) is 48.6 Å². The Morgan fingerprint density at radius 2 is 1.50 bits per heavy atom. The second kappa shape index (κ2) is 5.80. The summed E-state index contributed by atoms with van der Waals surface area (Å²) in [6, 6.07) is 6.56. The van der Waals surface area contributed by atoms with Crippen molar-refractivity contribution in [1.29, 1.82) is 0 Å². The number of carbonyl (C=O) groups excluding carboxylic acids is 1. The maximum atomic E-state index is 10.8. The molecule has 0 saturated heterocycles. The molecular formula is C12H9NNaO2+. The summed E-state index contributed by atoms with van der Waals surface area (Å²) in [5.41, 5.74) is 1.46. The molecule has 0 saturated carbocycles. The van der Waals surface area contributed by atoms with Crippen LogP contribution >= 0.6 is 0 Å². The van der Waals surface area contributed by atoms with E-state index in [1.807, 2.05) is 0 Å². The van der Waals surface area contributed by atoms with E-state index in [1.54, 1.807) is 36.4 Å². The molecule has 4 heteroatoms. The van der Waals surface area contributed by atoms with Gasteiger partial charge in [0, 0.05) is 0 Å². The Bertz CT molecular complexity index is 454. The molecule has 1 N–H and O–H groups in total. The van der Waals surface area contributed by atoms with Crippen LogP contribution in [-0.2, 0) is 4.79 Å². The minimum atomic E-state index is -0.0281. The van der Waals surface area contributed by atoms with E-state index in [1.165, 1.54) is 12.2 Å². The minimum absolute atomic E-state index is 0. The number of benzene rings is 1. The first-order valence-corrected chi connectivity index (χ1v) is 4.52. The Morgan fingerprint density at radius 1 is 0.938 bits per heavy atom. The molecule has 0 spiro atoms. The predicted octanol–water partition coefficient (Wildman–Crippen LogP) is -0.836. The Kier molecular flexibility index (Phi) is 4.68. The monoisotopic (exact) mass is 222 g/mol. The summed E-state index contributed by atoms with van der Waals surface area (Å²) in [6.45, 7) is 0. The van der Waals surface area contributed by atoms with Gasteiger partial charge in [0.15, 0.2) is 5.78 Å². The second-order valence-corrected chi connectivity index (χ2v) is 3.12. The van der Waals surface area contributed by atoms with Crippen LogP contribution in [0.15, 0.2) is 53.6 Å². The zero-order valence-electron chi connectivity index (χ0n) is 8.92. The average molecular weight is 222 g/mol. The van der Waals surface area contributed by atoms with Crippen LogP contribution in [0.5, 0.6) is 5.75 Å². The third-order valence-corrected chi connectivity index (χ3v) is 1.94. The van der Waals surface area contributed by atoms with Gasteiger partial charge >= 0.3 is 29.6 Å². The van der Waals surface area contributed by atoms with E-state index >= 15 is 0 Å². The van der Waals surface area contributed by atoms with Crippen molar-refractivity contribution in [3.63, 3.8) is 0 Å². The fraction of sp³-hybridized carbons (Fsp3) is 0. The zero-order valence-corrected chi connectivity index (χ0v) is 10.9. The van der Waals surface area contributed by atoms with Gasteiger partial charge in [-0.3, -0.25) is 4.79 Å². The predicted molar refractivity (Wildman–Crippen MR) is 58.5 cm³/mol. The van der Waals surface area contributed by atoms with Gasteiger partial charge in [-0.25, -0.2) is 4.99 Å². The van der Waals surface area contributed by atoms with Gasteiger partial charge in [-0.2, -0.15) is 0 Å². The van der Waals surface area contributed by atoms with Crippen molar-refractivity contribution in [2.45, 2.75) is 0 Å². The summed E-state index contributed by atoms with van der Waals surface area (Å²) in [7, 11) is 0. The van der Waals surface area contributed by atoms with E-state index in [0.29, 0.717) is 0 Å². The van der Waals surface area contributed by atoms with Crippen LogP contribution in [0.2, 0.25) is 0 Å². The van der Waals surface area contributed by atoms with E-state index < -0.39 is 0 Å². The number of aromatic hydroxyl groups is 1. The van der Waals surface area contributed by atoms with E-state index in [2.05, 4.69) is 4.99 Å². The standard InChI is InChI=1S/C12H9NO2.Na/c14-11-5-1-9(2-6-11)13-10-3-7-12(15)8-4-10;/h1-8,14H;/q;+1. The van der Waals surface area contributed by atoms with Crippen molar-refractivity contribution < 1.29 is 39.5 Å². The number of phenols is 1. The van der Waals surface area contributed by atoms with Gasteiger partial charge in [0.05, 0.1) is 11.4 Å². The van der Waals surface area contributed by atoms with Gasteiger partial charge in [0.25, 0.3) is 0 Å². The van der Waals surface area contributed by atoms with Crippen molar-refractivity contribution in [2.24, 2.45) is 4.99 Å². The molecule has 1 aliphatic rings. The maximum Gasteiger partial charge on any atom is 1.00 e. The number of ketones is 1. The molecule has 2 rings (SSSR count). The summed E-state index contributed by atoms with van der Waals surface area (Å²) in [5.74, 6) is 0.184. The van der Waals surface area contributed by atoms with Gasteiger partial charge in [-0.1, -0.05) is 0 Å². The molecule has 0 atom stereocenters. The maximum absolute atomic E-state index is 10.8. The van der Waals surface area contributed by atoms with Crippen LogP contribution in [0.4, 0.5) is 5.69 Å². The third kappa shape index (κ3) is 3.45. The van der Waals surface area contributed by atoms with E-state index in [9.17, 15) is 4.79 Å². The van der Waals surface area contributed by atoms with Gasteiger partial charge in [-0.05, 0) is 48.6 Å². The zero-order chi connectivity index (χ0) is 10.7. The van der Waals surface area contributed by atoms with Crippen LogP contribution < -0.4 is 29.6 Å². The molecular weight excluding hydrogens is 213 g/mol. The summed E-state index contributed by atoms with van der Waals surface area (Å²) in [6.07, 6.45) is 6.27. The van der Waals surface area contributed by atoms with E-state index in [4.69, 9.17) is 5.11 Å². The third-order valence-electron chi connectivity index (χ3n) is 1.94. The molecule has 0 aromatic heterocycles. The molecule has 0 unspecified atom stereocenters. The molecule has 0 radical (unpaired) electrons. The van der Waals surface area contributed by atoms with Crippen LogP contribution in [-0.4, -0.2) is 16.6 Å². The minimum Gasteiger partial charge on any atom is -0.508 e. The van der Waals surface area contributed by atoms with Gasteiger partial charge in [-0.15, -0.1) is 0 Å². The number of allylic oxidation sites excluding steroid dienone is 4. The summed E-state index contributed by atoms with van der Waals surface area (Å²) >= 11 is 0. The topological polar surface area (TPSA) is 49.7 Å². The summed E-state index contributed by atoms with van der Waals surface area (Å²) in [5, 5.41) is 9.08. The largest absolute Gasteiger partial charge is 1.00 e. The molecule has 0 fully saturated rings. The van der Waals surface area contributed by atoms with Gasteiger partial charge < -0.3 is 5.11 Å². The van der Waals surface area contributed by atoms with Crippen molar-refractivity contribution in [1.82, 2.24) is 0 Å². The molecule has 1 aromatic rings. The number of carbonyl (C=O) groups is 1. The molecule has 0 heterocycles. The second-order valence-electron chi connectivity index (χ2n) is 3.12. The van der Waals surface area contributed by atoms with Crippen molar-refractivity contribution >= 4 is 17.2 Å². The number of hydrogen-bond donors (Lipinski definition) is 1. The fourth-order valence-corrected chi connectivity index (χ4v) is 1.20. The van der Waals surface area contributed by atoms with Crippen LogP contribution in [0.3, 0.4) is 0 Å². The van der Waals surface area contributed by atoms with Crippen molar-refractivity contribution in [2.75, 3.05) is 0 Å². The first-order valence-electron chi connectivity index (χ1n) is 4.52. The number of aliphatic imine (C=N–C) groups is 1. The van der Waals surface area contributed by atoms with Gasteiger partial charge in [0.2, 0.25) is 0 Å². The Morgan fingerprint density at radius 3 is 2.06 bits per heavy atom. The molecule has 0 aliphatic heterocycles. The summed E-state index contributed by atoms with van der Waals surface area (Å²) < 4.78 is 0. The first kappa shape index (κ1) is 12.9. The van der Waals surface area contributed by atoms with E-state index in [-0.39, 0.29) is 41.1 Å². The van der Waals surface area contributed by atoms with Gasteiger partial charge in [0.1, 0.15) is 5.75 Å². The smallest absolute Gasteiger partial charge is 0.508 e. The Hall–Kier alpha value is -1.16. The number of phenolic OH excluding ortho intramolecular Hbond substituents is 1. The molecule has 74 valence electrons. The fourth-order valence-electron chi connectivity index (χ4n) is 1.20. The number of nitrogens with zero attached hydrogens (tertiary/aromatic N) is 1. The molecule has 1 aliphatic carbocycles. The van der Waals surface area contributed by atoms with E-state index in [0.717, 1.165) is 11.4 Å². The Labute approximate surface area is 116 Å². The first-order chi connectivity index (χ1) is 7.24. The normalized spacial score (nSPS) is 13.5. The van der Waals surface area contributed by atoms with Crippen molar-refractivity contribution in [3.8, 4) is 5.75 Å². The molecule has 3 nitrogen and oxygen atoms in total. The molecule has 0 bridgehead atoms. The summed E-state index contributed by atoms with van der Waals surface area (Å²) in [4.78, 5) is 15.1. The van der Waals surface area contributed by atoms with Crippen LogP contribution in [0.1, 0.15) is 0 Å². The molecule has 1 aromatic carbocycles. The Balaban J connectivity index is 0.00000128. The molecule has 16 heavy (non-hydrogen) atoms. The van der Waals surface area contributed by atoms with Crippen LogP contribution in [0.25, 0.3) is 0 Å². The number of hydrogen-bond acceptors (Lipinski definition) is 3. The molecule has 0 amide bonds. The number of rotatable bonds is 1. The average Bonchev–Trinajstić information content (AvgIpc) is 2.25. The van der Waals surface area contributed by atoms with Crippen LogP contribution in [0, 0.1) is 0 Å².